The number of nitrogens with zero attached hydrogens (tertiary/aromatic N) is 3. The van der Waals surface area contributed by atoms with Gasteiger partial charge in [0.25, 0.3) is 0 Å². The summed E-state index contributed by atoms with van der Waals surface area (Å²) in [6.45, 7) is 0. The first kappa shape index (κ1) is 11.1. The molecule has 0 amide bonds. The predicted octanol–water partition coefficient (Wildman–Crippen LogP) is 3.15. The second-order valence-corrected chi connectivity index (χ2v) is 4.74. The van der Waals surface area contributed by atoms with Gasteiger partial charge in [0.15, 0.2) is 11.6 Å². The van der Waals surface area contributed by atoms with E-state index in [4.69, 9.17) is 0 Å². The van der Waals surface area contributed by atoms with Gasteiger partial charge in [0, 0.05) is 12.0 Å². The second-order valence-electron chi connectivity index (χ2n) is 4.74. The summed E-state index contributed by atoms with van der Waals surface area (Å²) in [5.74, 6) is 1.46. The zero-order valence-electron chi connectivity index (χ0n) is 10.7. The van der Waals surface area contributed by atoms with E-state index in [-0.39, 0.29) is 0 Å². The van der Waals surface area contributed by atoms with Crippen LogP contribution in [-0.2, 0) is 6.42 Å². The molecule has 0 saturated heterocycles. The number of aromatic nitrogens is 3. The first-order chi connectivity index (χ1) is 9.90. The number of fused-ring (bicyclic) bond motifs is 1. The molecule has 1 aliphatic heterocycles. The molecule has 20 heavy (non-hydrogen) atoms. The highest BCUT2D eigenvalue weighted by molar-refractivity contribution is 6.04. The minimum absolute atomic E-state index is 0.708. The maximum Gasteiger partial charge on any atom is 0.181 e. The highest BCUT2D eigenvalue weighted by Crippen LogP contribution is 2.27. The maximum absolute atomic E-state index is 4.61. The zero-order valence-corrected chi connectivity index (χ0v) is 10.7. The molecule has 3 aromatic rings. The third-order valence-corrected chi connectivity index (χ3v) is 3.40. The summed E-state index contributed by atoms with van der Waals surface area (Å²) in [7, 11) is 0. The van der Waals surface area contributed by atoms with E-state index >= 15 is 0 Å². The molecule has 1 N–H and O–H groups in total. The number of para-hydroxylation sites is 1. The Morgan fingerprint density at radius 2 is 1.70 bits per heavy atom. The average Bonchev–Trinajstić information content (AvgIpc) is 3.14. The van der Waals surface area contributed by atoms with Crippen LogP contribution in [0.1, 0.15) is 11.4 Å². The summed E-state index contributed by atoms with van der Waals surface area (Å²) in [6, 6.07) is 18.1. The largest absolute Gasteiger partial charge is 0.258 e. The van der Waals surface area contributed by atoms with Gasteiger partial charge in [0.2, 0.25) is 0 Å². The molecule has 4 heteroatoms. The normalized spacial score (nSPS) is 13.1. The quantitative estimate of drug-likeness (QED) is 0.769. The van der Waals surface area contributed by atoms with Crippen LogP contribution >= 0.6 is 0 Å². The van der Waals surface area contributed by atoms with Gasteiger partial charge in [-0.1, -0.05) is 48.5 Å². The Balaban J connectivity index is 1.68. The average molecular weight is 260 g/mol. The van der Waals surface area contributed by atoms with E-state index < -0.39 is 0 Å². The van der Waals surface area contributed by atoms with Crippen molar-refractivity contribution in [2.75, 3.05) is 0 Å². The lowest BCUT2D eigenvalue weighted by Crippen LogP contribution is -2.02. The molecule has 0 radical (unpaired) electrons. The van der Waals surface area contributed by atoms with E-state index in [0.717, 1.165) is 29.2 Å². The Hall–Kier alpha value is -2.75. The van der Waals surface area contributed by atoms with Crippen LogP contribution in [0.25, 0.3) is 11.4 Å². The molecule has 96 valence electrons. The van der Waals surface area contributed by atoms with Crippen molar-refractivity contribution in [3.8, 4) is 11.4 Å². The van der Waals surface area contributed by atoms with Gasteiger partial charge in [0.05, 0.1) is 11.4 Å². The molecular weight excluding hydrogens is 248 g/mol. The van der Waals surface area contributed by atoms with Gasteiger partial charge in [0.1, 0.15) is 0 Å². The Bertz CT molecular complexity index is 787. The molecule has 2 aromatic carbocycles. The van der Waals surface area contributed by atoms with Crippen LogP contribution in [0.4, 0.5) is 5.69 Å². The number of H-pyrrole nitrogens is 1. The number of aromatic amines is 1. The smallest absolute Gasteiger partial charge is 0.181 e. The molecule has 2 heterocycles. The number of hydrogen-bond acceptors (Lipinski definition) is 3. The summed E-state index contributed by atoms with van der Waals surface area (Å²) in [4.78, 5) is 9.16. The Morgan fingerprint density at radius 3 is 2.55 bits per heavy atom. The van der Waals surface area contributed by atoms with Crippen LogP contribution in [-0.4, -0.2) is 20.9 Å². The first-order valence-electron chi connectivity index (χ1n) is 6.54. The van der Waals surface area contributed by atoms with Crippen LogP contribution in [0.15, 0.2) is 59.6 Å². The van der Waals surface area contributed by atoms with Crippen LogP contribution in [0.5, 0.6) is 0 Å². The highest BCUT2D eigenvalue weighted by atomic mass is 15.2. The fraction of sp³-hybridized carbons (Fsp3) is 0.0625. The lowest BCUT2D eigenvalue weighted by atomic mass is 10.1. The summed E-state index contributed by atoms with van der Waals surface area (Å²) >= 11 is 0. The monoisotopic (exact) mass is 260 g/mol. The van der Waals surface area contributed by atoms with E-state index in [1.54, 1.807) is 0 Å². The van der Waals surface area contributed by atoms with E-state index in [9.17, 15) is 0 Å². The van der Waals surface area contributed by atoms with E-state index in [2.05, 4.69) is 26.2 Å². The molecule has 0 aliphatic carbocycles. The van der Waals surface area contributed by atoms with Crippen LogP contribution in [0.2, 0.25) is 0 Å². The Kier molecular flexibility index (Phi) is 2.45. The van der Waals surface area contributed by atoms with E-state index in [1.807, 2.05) is 48.5 Å². The van der Waals surface area contributed by atoms with Gasteiger partial charge in [-0.3, -0.25) is 5.10 Å². The molecule has 4 rings (SSSR count). The third-order valence-electron chi connectivity index (χ3n) is 3.40. The molecule has 0 bridgehead atoms. The molecular formula is C16H12N4. The fourth-order valence-electron chi connectivity index (χ4n) is 2.38. The molecule has 0 fully saturated rings. The molecule has 0 spiro atoms. The lowest BCUT2D eigenvalue weighted by molar-refractivity contribution is 1.08. The van der Waals surface area contributed by atoms with E-state index in [0.29, 0.717) is 5.82 Å². The van der Waals surface area contributed by atoms with Crippen LogP contribution in [0.3, 0.4) is 0 Å². The van der Waals surface area contributed by atoms with Gasteiger partial charge in [-0.2, -0.15) is 5.10 Å². The minimum atomic E-state index is 0.708. The van der Waals surface area contributed by atoms with Crippen molar-refractivity contribution in [2.24, 2.45) is 4.99 Å². The van der Waals surface area contributed by atoms with Gasteiger partial charge < -0.3 is 0 Å². The highest BCUT2D eigenvalue weighted by Gasteiger charge is 2.18. The predicted molar refractivity (Wildman–Crippen MR) is 78.2 cm³/mol. The zero-order chi connectivity index (χ0) is 13.4. The van der Waals surface area contributed by atoms with Crippen molar-refractivity contribution in [1.29, 1.82) is 0 Å². The summed E-state index contributed by atoms with van der Waals surface area (Å²) in [5, 5.41) is 7.27. The van der Waals surface area contributed by atoms with Gasteiger partial charge in [-0.25, -0.2) is 9.98 Å². The standard InChI is InChI=1S/C16H12N4/c1-2-6-11(7-3-1)15-18-16(20-19-15)14-10-12-8-4-5-9-13(12)17-14/h1-9H,10H2,(H,18,19,20). The Labute approximate surface area is 116 Å². The van der Waals surface area contributed by atoms with Crippen LogP contribution in [0, 0.1) is 0 Å². The SMILES string of the molecule is c1ccc(-c2n[nH]c(C3=Nc4ccccc4C3)n2)cc1. The van der Waals surface area contributed by atoms with E-state index in [1.165, 1.54) is 5.56 Å². The van der Waals surface area contributed by atoms with Gasteiger partial charge >= 0.3 is 0 Å². The number of benzene rings is 2. The molecule has 0 saturated carbocycles. The number of aliphatic imine (C=N–C) groups is 1. The molecule has 0 atom stereocenters. The summed E-state index contributed by atoms with van der Waals surface area (Å²) in [6.07, 6.45) is 0.805. The van der Waals surface area contributed by atoms with Crippen molar-refractivity contribution in [2.45, 2.75) is 6.42 Å². The summed E-state index contributed by atoms with van der Waals surface area (Å²) < 4.78 is 0. The van der Waals surface area contributed by atoms with Crippen molar-refractivity contribution >= 4 is 11.4 Å². The minimum Gasteiger partial charge on any atom is -0.258 e. The Morgan fingerprint density at radius 1 is 0.900 bits per heavy atom. The lowest BCUT2D eigenvalue weighted by Gasteiger charge is -1.94. The van der Waals surface area contributed by atoms with Crippen molar-refractivity contribution < 1.29 is 0 Å². The fourth-order valence-corrected chi connectivity index (χ4v) is 2.38. The molecule has 1 aromatic heterocycles. The van der Waals surface area contributed by atoms with Crippen molar-refractivity contribution in [3.05, 3.63) is 66.0 Å². The van der Waals surface area contributed by atoms with Gasteiger partial charge in [-0.15, -0.1) is 0 Å². The second kappa shape index (κ2) is 4.42. The molecule has 0 unspecified atom stereocenters. The van der Waals surface area contributed by atoms with Crippen molar-refractivity contribution in [3.63, 3.8) is 0 Å². The van der Waals surface area contributed by atoms with Crippen LogP contribution < -0.4 is 0 Å². The van der Waals surface area contributed by atoms with Crippen molar-refractivity contribution in [1.82, 2.24) is 15.2 Å². The first-order valence-corrected chi connectivity index (χ1v) is 6.54. The number of hydrogen-bond donors (Lipinski definition) is 1. The topological polar surface area (TPSA) is 53.9 Å². The third kappa shape index (κ3) is 1.82. The molecule has 1 aliphatic rings. The molecule has 4 nitrogen and oxygen atoms in total. The maximum atomic E-state index is 4.61. The van der Waals surface area contributed by atoms with Gasteiger partial charge in [-0.05, 0) is 11.6 Å². The number of nitrogens with one attached hydrogen (secondary N) is 1. The number of rotatable bonds is 2. The summed E-state index contributed by atoms with van der Waals surface area (Å²) in [5.41, 5.74) is 4.22.